The summed E-state index contributed by atoms with van der Waals surface area (Å²) < 4.78 is 13.3. The summed E-state index contributed by atoms with van der Waals surface area (Å²) in [6.07, 6.45) is 2.60. The number of benzene rings is 2. The van der Waals surface area contributed by atoms with Gasteiger partial charge in [0.25, 0.3) is 0 Å². The topological polar surface area (TPSA) is 32.3 Å². The first-order valence-corrected chi connectivity index (χ1v) is 9.43. The van der Waals surface area contributed by atoms with Gasteiger partial charge >= 0.3 is 0 Å². The molecule has 136 valence electrons. The van der Waals surface area contributed by atoms with E-state index < -0.39 is 0 Å². The van der Waals surface area contributed by atoms with Gasteiger partial charge in [-0.2, -0.15) is 0 Å². The van der Waals surface area contributed by atoms with E-state index in [4.69, 9.17) is 0 Å². The fourth-order valence-electron chi connectivity index (χ4n) is 4.63. The largest absolute Gasteiger partial charge is 0.355 e. The predicted octanol–water partition coefficient (Wildman–Crippen LogP) is 3.71. The second-order valence-electron chi connectivity index (χ2n) is 7.71. The lowest BCUT2D eigenvalue weighted by Gasteiger charge is -2.49. The lowest BCUT2D eigenvalue weighted by atomic mass is 9.62. The van der Waals surface area contributed by atoms with E-state index in [0.29, 0.717) is 13.0 Å². The van der Waals surface area contributed by atoms with Gasteiger partial charge in [0.1, 0.15) is 5.82 Å². The number of rotatable bonds is 3. The molecule has 2 aromatic rings. The van der Waals surface area contributed by atoms with Gasteiger partial charge in [0.05, 0.1) is 0 Å². The first-order chi connectivity index (χ1) is 12.6. The summed E-state index contributed by atoms with van der Waals surface area (Å²) in [5.41, 5.74) is 2.47. The van der Waals surface area contributed by atoms with Gasteiger partial charge in [0, 0.05) is 25.4 Å². The highest BCUT2D eigenvalue weighted by molar-refractivity contribution is 5.78. The van der Waals surface area contributed by atoms with E-state index in [1.54, 1.807) is 0 Å². The Labute approximate surface area is 154 Å². The number of piperidine rings is 2. The Kier molecular flexibility index (Phi) is 4.77. The molecule has 1 atom stereocenters. The molecule has 2 fully saturated rings. The SMILES string of the molecule is O=C1CC2(CCN(Cc3ccccc3)CC2)C(c2ccc(F)cc2)CN1. The van der Waals surface area contributed by atoms with Crippen molar-refractivity contribution in [2.45, 2.75) is 31.7 Å². The second-order valence-corrected chi connectivity index (χ2v) is 7.71. The fourth-order valence-corrected chi connectivity index (χ4v) is 4.63. The molecule has 3 nitrogen and oxygen atoms in total. The number of halogens is 1. The third kappa shape index (κ3) is 3.51. The van der Waals surface area contributed by atoms with Crippen LogP contribution in [-0.4, -0.2) is 30.4 Å². The molecule has 2 aromatic carbocycles. The molecule has 4 heteroatoms. The van der Waals surface area contributed by atoms with Crippen LogP contribution in [0.3, 0.4) is 0 Å². The number of nitrogens with zero attached hydrogens (tertiary/aromatic N) is 1. The maximum Gasteiger partial charge on any atom is 0.220 e. The highest BCUT2D eigenvalue weighted by atomic mass is 19.1. The van der Waals surface area contributed by atoms with Crippen LogP contribution in [0.2, 0.25) is 0 Å². The van der Waals surface area contributed by atoms with E-state index in [0.717, 1.165) is 38.0 Å². The maximum absolute atomic E-state index is 13.3. The summed E-state index contributed by atoms with van der Waals surface area (Å²) in [5.74, 6) is 0.208. The molecule has 26 heavy (non-hydrogen) atoms. The van der Waals surface area contributed by atoms with Gasteiger partial charge in [-0.05, 0) is 54.6 Å². The van der Waals surface area contributed by atoms with Crippen LogP contribution in [0.1, 0.15) is 36.3 Å². The van der Waals surface area contributed by atoms with Gasteiger partial charge < -0.3 is 5.32 Å². The highest BCUT2D eigenvalue weighted by Gasteiger charge is 2.46. The zero-order valence-corrected chi connectivity index (χ0v) is 15.0. The molecule has 2 aliphatic heterocycles. The van der Waals surface area contributed by atoms with Crippen molar-refractivity contribution in [1.29, 1.82) is 0 Å². The van der Waals surface area contributed by atoms with Gasteiger partial charge in [0.2, 0.25) is 5.91 Å². The Bertz CT molecular complexity index is 751. The number of carbonyl (C=O) groups excluding carboxylic acids is 1. The van der Waals surface area contributed by atoms with Crippen molar-refractivity contribution in [3.05, 3.63) is 71.5 Å². The summed E-state index contributed by atoms with van der Waals surface area (Å²) in [6, 6.07) is 17.4. The Morgan fingerprint density at radius 1 is 1.04 bits per heavy atom. The van der Waals surface area contributed by atoms with Crippen molar-refractivity contribution in [3.63, 3.8) is 0 Å². The van der Waals surface area contributed by atoms with Crippen LogP contribution in [0.5, 0.6) is 0 Å². The number of amides is 1. The second kappa shape index (κ2) is 7.20. The zero-order valence-electron chi connectivity index (χ0n) is 15.0. The van der Waals surface area contributed by atoms with Crippen LogP contribution < -0.4 is 5.32 Å². The van der Waals surface area contributed by atoms with Crippen molar-refractivity contribution in [2.24, 2.45) is 5.41 Å². The van der Waals surface area contributed by atoms with Crippen molar-refractivity contribution in [2.75, 3.05) is 19.6 Å². The molecule has 2 heterocycles. The number of likely N-dealkylation sites (tertiary alicyclic amines) is 1. The highest BCUT2D eigenvalue weighted by Crippen LogP contribution is 2.48. The molecule has 1 spiro atoms. The first-order valence-electron chi connectivity index (χ1n) is 9.43. The summed E-state index contributed by atoms with van der Waals surface area (Å²) in [4.78, 5) is 14.6. The van der Waals surface area contributed by atoms with E-state index in [1.165, 1.54) is 17.7 Å². The summed E-state index contributed by atoms with van der Waals surface area (Å²) in [6.45, 7) is 3.62. The van der Waals surface area contributed by atoms with E-state index >= 15 is 0 Å². The lowest BCUT2D eigenvalue weighted by Crippen LogP contribution is -2.51. The van der Waals surface area contributed by atoms with E-state index in [2.05, 4.69) is 34.5 Å². The van der Waals surface area contributed by atoms with Crippen molar-refractivity contribution in [3.8, 4) is 0 Å². The Morgan fingerprint density at radius 2 is 1.73 bits per heavy atom. The minimum atomic E-state index is -0.208. The summed E-state index contributed by atoms with van der Waals surface area (Å²) >= 11 is 0. The average molecular weight is 352 g/mol. The van der Waals surface area contributed by atoms with Gasteiger partial charge in [0.15, 0.2) is 0 Å². The van der Waals surface area contributed by atoms with Crippen LogP contribution in [0, 0.1) is 11.2 Å². The molecule has 0 saturated carbocycles. The molecule has 1 amide bonds. The molecular weight excluding hydrogens is 327 g/mol. The lowest BCUT2D eigenvalue weighted by molar-refractivity contribution is -0.128. The van der Waals surface area contributed by atoms with Crippen molar-refractivity contribution >= 4 is 5.91 Å². The smallest absolute Gasteiger partial charge is 0.220 e. The monoisotopic (exact) mass is 352 g/mol. The summed E-state index contributed by atoms with van der Waals surface area (Å²) in [7, 11) is 0. The number of carbonyl (C=O) groups is 1. The van der Waals surface area contributed by atoms with Crippen LogP contribution in [0.25, 0.3) is 0 Å². The van der Waals surface area contributed by atoms with E-state index in [1.807, 2.05) is 18.2 Å². The molecule has 4 rings (SSSR count). The van der Waals surface area contributed by atoms with Gasteiger partial charge in [-0.3, -0.25) is 9.69 Å². The normalized spacial score (nSPS) is 23.0. The molecule has 1 unspecified atom stereocenters. The van der Waals surface area contributed by atoms with Gasteiger partial charge in [-0.25, -0.2) is 4.39 Å². The zero-order chi connectivity index (χ0) is 18.0. The quantitative estimate of drug-likeness (QED) is 0.913. The van der Waals surface area contributed by atoms with E-state index in [-0.39, 0.29) is 23.1 Å². The number of hydrogen-bond donors (Lipinski definition) is 1. The Morgan fingerprint density at radius 3 is 2.42 bits per heavy atom. The van der Waals surface area contributed by atoms with E-state index in [9.17, 15) is 9.18 Å². The third-order valence-corrected chi connectivity index (χ3v) is 6.13. The molecule has 0 radical (unpaired) electrons. The predicted molar refractivity (Wildman–Crippen MR) is 100 cm³/mol. The molecule has 1 N–H and O–H groups in total. The molecule has 2 aliphatic rings. The van der Waals surface area contributed by atoms with Gasteiger partial charge in [-0.1, -0.05) is 42.5 Å². The number of nitrogens with one attached hydrogen (secondary N) is 1. The van der Waals surface area contributed by atoms with Crippen molar-refractivity contribution < 1.29 is 9.18 Å². The fraction of sp³-hybridized carbons (Fsp3) is 0.409. The first kappa shape index (κ1) is 17.2. The third-order valence-electron chi connectivity index (χ3n) is 6.13. The molecular formula is C22H25FN2O. The minimum absolute atomic E-state index is 0.00660. The van der Waals surface area contributed by atoms with Crippen LogP contribution >= 0.6 is 0 Å². The Balaban J connectivity index is 1.50. The maximum atomic E-state index is 13.3. The van der Waals surface area contributed by atoms with Crippen molar-refractivity contribution in [1.82, 2.24) is 10.2 Å². The molecule has 0 bridgehead atoms. The molecule has 0 aromatic heterocycles. The molecule has 2 saturated heterocycles. The van der Waals surface area contributed by atoms with Crippen LogP contribution in [-0.2, 0) is 11.3 Å². The number of hydrogen-bond acceptors (Lipinski definition) is 2. The average Bonchev–Trinajstić information content (AvgIpc) is 2.66. The van der Waals surface area contributed by atoms with Gasteiger partial charge in [-0.15, -0.1) is 0 Å². The summed E-state index contributed by atoms with van der Waals surface area (Å²) in [5, 5.41) is 3.02. The minimum Gasteiger partial charge on any atom is -0.355 e. The van der Waals surface area contributed by atoms with Crippen LogP contribution in [0.15, 0.2) is 54.6 Å². The standard InChI is InChI=1S/C22H25FN2O/c23-19-8-6-18(7-9-19)20-15-24-21(26)14-22(20)10-12-25(13-11-22)16-17-4-2-1-3-5-17/h1-9,20H,10-16H2,(H,24,26). The molecule has 0 aliphatic carbocycles. The van der Waals surface area contributed by atoms with Crippen LogP contribution in [0.4, 0.5) is 4.39 Å². The Hall–Kier alpha value is -2.20.